The molecule has 0 saturated heterocycles. The van der Waals surface area contributed by atoms with Gasteiger partial charge in [0.25, 0.3) is 0 Å². The number of rotatable bonds is 6. The molecule has 2 aromatic rings. The zero-order valence-corrected chi connectivity index (χ0v) is 11.9. The van der Waals surface area contributed by atoms with E-state index in [9.17, 15) is 4.79 Å². The Morgan fingerprint density at radius 2 is 2.40 bits per heavy atom. The van der Waals surface area contributed by atoms with Crippen LogP contribution in [-0.2, 0) is 12.3 Å². The Labute approximate surface area is 120 Å². The number of nitrogen functional groups attached to an aromatic ring is 1. The Morgan fingerprint density at radius 3 is 3.10 bits per heavy atom. The zero-order valence-electron chi connectivity index (χ0n) is 11.1. The van der Waals surface area contributed by atoms with E-state index in [4.69, 9.17) is 11.1 Å². The number of hydrogen-bond acceptors (Lipinski definition) is 5. The van der Waals surface area contributed by atoms with E-state index in [1.54, 1.807) is 16.8 Å². The average Bonchev–Trinajstić information content (AvgIpc) is 2.78. The summed E-state index contributed by atoms with van der Waals surface area (Å²) in [4.78, 5) is 15.7. The first-order chi connectivity index (χ1) is 9.63. The molecule has 106 valence electrons. The second-order valence-corrected chi connectivity index (χ2v) is 5.12. The Hall–Kier alpha value is -2.09. The predicted octanol–water partition coefficient (Wildman–Crippen LogP) is 0.953. The molecule has 0 unspecified atom stereocenters. The molecular formula is C12H16N6OS. The summed E-state index contributed by atoms with van der Waals surface area (Å²) in [7, 11) is 0. The minimum atomic E-state index is -0.202. The summed E-state index contributed by atoms with van der Waals surface area (Å²) in [6.45, 7) is 2.63. The van der Waals surface area contributed by atoms with Crippen LogP contribution in [0.4, 0.5) is 0 Å². The van der Waals surface area contributed by atoms with Crippen LogP contribution in [0.25, 0.3) is 0 Å². The lowest BCUT2D eigenvalue weighted by Crippen LogP contribution is -2.17. The maximum atomic E-state index is 11.6. The summed E-state index contributed by atoms with van der Waals surface area (Å²) in [6.07, 6.45) is 2.46. The van der Waals surface area contributed by atoms with Crippen LogP contribution in [0.5, 0.6) is 0 Å². The van der Waals surface area contributed by atoms with Gasteiger partial charge in [0, 0.05) is 18.5 Å². The highest BCUT2D eigenvalue weighted by molar-refractivity contribution is 7.98. The molecule has 8 heteroatoms. The second kappa shape index (κ2) is 6.38. The number of pyridine rings is 1. The van der Waals surface area contributed by atoms with Crippen molar-refractivity contribution >= 4 is 17.6 Å². The van der Waals surface area contributed by atoms with Gasteiger partial charge in [-0.3, -0.25) is 15.0 Å². The standard InChI is InChI=1S/C12H16N6OS/c1-2-6-18-11(19)16-17-12(18)20-7-8-4-3-5-15-9(8)10(13)14/h3-5H,2,6-7H2,1H3,(H3,13,14)(H,16,19). The summed E-state index contributed by atoms with van der Waals surface area (Å²) in [6, 6.07) is 3.66. The van der Waals surface area contributed by atoms with Crippen molar-refractivity contribution in [2.45, 2.75) is 30.8 Å². The number of H-pyrrole nitrogens is 1. The van der Waals surface area contributed by atoms with Crippen molar-refractivity contribution in [3.05, 3.63) is 40.1 Å². The molecule has 0 fully saturated rings. The average molecular weight is 292 g/mol. The quantitative estimate of drug-likeness (QED) is 0.417. The highest BCUT2D eigenvalue weighted by Crippen LogP contribution is 2.21. The van der Waals surface area contributed by atoms with Gasteiger partial charge in [-0.05, 0) is 18.1 Å². The van der Waals surface area contributed by atoms with Crippen LogP contribution >= 0.6 is 11.8 Å². The molecule has 4 N–H and O–H groups in total. The van der Waals surface area contributed by atoms with E-state index < -0.39 is 0 Å². The Kier molecular flexibility index (Phi) is 4.57. The topological polar surface area (TPSA) is 113 Å². The fourth-order valence-corrected chi connectivity index (χ4v) is 2.73. The van der Waals surface area contributed by atoms with Gasteiger partial charge < -0.3 is 5.73 Å². The lowest BCUT2D eigenvalue weighted by atomic mass is 10.2. The van der Waals surface area contributed by atoms with Gasteiger partial charge in [-0.1, -0.05) is 24.8 Å². The third-order valence-corrected chi connectivity index (χ3v) is 3.70. The van der Waals surface area contributed by atoms with Gasteiger partial charge in [0.15, 0.2) is 5.16 Å². The molecule has 0 radical (unpaired) electrons. The first kappa shape index (κ1) is 14.3. The van der Waals surface area contributed by atoms with E-state index in [1.807, 2.05) is 13.0 Å². The molecule has 0 aliphatic rings. The Bertz CT molecular complexity index is 662. The Morgan fingerprint density at radius 1 is 1.60 bits per heavy atom. The van der Waals surface area contributed by atoms with Gasteiger partial charge in [-0.25, -0.2) is 9.89 Å². The van der Waals surface area contributed by atoms with Crippen LogP contribution in [-0.4, -0.2) is 25.6 Å². The highest BCUT2D eigenvalue weighted by Gasteiger charge is 2.11. The number of thioether (sulfide) groups is 1. The number of aromatic amines is 1. The number of amidine groups is 1. The van der Waals surface area contributed by atoms with Gasteiger partial charge in [-0.15, -0.1) is 5.10 Å². The molecule has 0 aliphatic carbocycles. The normalized spacial score (nSPS) is 10.7. The van der Waals surface area contributed by atoms with Crippen LogP contribution in [0.3, 0.4) is 0 Å². The summed E-state index contributed by atoms with van der Waals surface area (Å²) < 4.78 is 1.61. The van der Waals surface area contributed by atoms with E-state index in [-0.39, 0.29) is 11.5 Å². The lowest BCUT2D eigenvalue weighted by Gasteiger charge is -2.07. The summed E-state index contributed by atoms with van der Waals surface area (Å²) in [5.41, 5.74) is 6.62. The van der Waals surface area contributed by atoms with E-state index >= 15 is 0 Å². The van der Waals surface area contributed by atoms with E-state index in [2.05, 4.69) is 15.2 Å². The maximum Gasteiger partial charge on any atom is 0.343 e. The number of aromatic nitrogens is 4. The van der Waals surface area contributed by atoms with Crippen molar-refractivity contribution in [1.29, 1.82) is 5.41 Å². The van der Waals surface area contributed by atoms with Gasteiger partial charge in [0.2, 0.25) is 0 Å². The monoisotopic (exact) mass is 292 g/mol. The van der Waals surface area contributed by atoms with Gasteiger partial charge in [0.1, 0.15) is 11.5 Å². The molecule has 20 heavy (non-hydrogen) atoms. The van der Waals surface area contributed by atoms with Gasteiger partial charge in [0.05, 0.1) is 0 Å². The Balaban J connectivity index is 2.17. The molecule has 0 spiro atoms. The van der Waals surface area contributed by atoms with Crippen molar-refractivity contribution < 1.29 is 0 Å². The third-order valence-electron chi connectivity index (χ3n) is 2.67. The van der Waals surface area contributed by atoms with Crippen LogP contribution in [0.15, 0.2) is 28.3 Å². The number of hydrogen-bond donors (Lipinski definition) is 3. The van der Waals surface area contributed by atoms with E-state index in [0.29, 0.717) is 23.1 Å². The molecule has 7 nitrogen and oxygen atoms in total. The molecule has 0 aliphatic heterocycles. The summed E-state index contributed by atoms with van der Waals surface area (Å²) >= 11 is 1.42. The van der Waals surface area contributed by atoms with Crippen molar-refractivity contribution in [1.82, 2.24) is 19.7 Å². The largest absolute Gasteiger partial charge is 0.382 e. The first-order valence-electron chi connectivity index (χ1n) is 6.19. The van der Waals surface area contributed by atoms with Gasteiger partial charge >= 0.3 is 5.69 Å². The summed E-state index contributed by atoms with van der Waals surface area (Å²) in [5, 5.41) is 14.6. The van der Waals surface area contributed by atoms with Crippen LogP contribution in [0, 0.1) is 5.41 Å². The summed E-state index contributed by atoms with van der Waals surface area (Å²) in [5.74, 6) is 0.491. The first-order valence-corrected chi connectivity index (χ1v) is 7.18. The molecule has 0 atom stereocenters. The number of nitrogens with zero attached hydrogens (tertiary/aromatic N) is 3. The van der Waals surface area contributed by atoms with Crippen molar-refractivity contribution in [3.63, 3.8) is 0 Å². The fourth-order valence-electron chi connectivity index (χ4n) is 1.77. The van der Waals surface area contributed by atoms with Crippen LogP contribution in [0.1, 0.15) is 24.6 Å². The molecule has 2 aromatic heterocycles. The minimum Gasteiger partial charge on any atom is -0.382 e. The maximum absolute atomic E-state index is 11.6. The number of nitrogens with two attached hydrogens (primary N) is 1. The van der Waals surface area contributed by atoms with Crippen molar-refractivity contribution in [2.24, 2.45) is 5.73 Å². The smallest absolute Gasteiger partial charge is 0.343 e. The number of nitrogens with one attached hydrogen (secondary N) is 2. The lowest BCUT2D eigenvalue weighted by molar-refractivity contribution is 0.604. The molecular weight excluding hydrogens is 276 g/mol. The molecule has 0 bridgehead atoms. The highest BCUT2D eigenvalue weighted by atomic mass is 32.2. The van der Waals surface area contributed by atoms with E-state index in [1.165, 1.54) is 11.8 Å². The van der Waals surface area contributed by atoms with E-state index in [0.717, 1.165) is 12.0 Å². The van der Waals surface area contributed by atoms with Crippen LogP contribution in [0.2, 0.25) is 0 Å². The fraction of sp³-hybridized carbons (Fsp3) is 0.333. The molecule has 0 saturated carbocycles. The van der Waals surface area contributed by atoms with Crippen LogP contribution < -0.4 is 11.4 Å². The SMILES string of the molecule is CCCn1c(SCc2cccnc2C(=N)N)n[nH]c1=O. The molecule has 2 rings (SSSR count). The zero-order chi connectivity index (χ0) is 14.5. The predicted molar refractivity (Wildman–Crippen MR) is 78.0 cm³/mol. The van der Waals surface area contributed by atoms with Gasteiger partial charge in [-0.2, -0.15) is 0 Å². The second-order valence-electron chi connectivity index (χ2n) is 4.18. The third kappa shape index (κ3) is 3.08. The molecule has 0 amide bonds. The molecule has 0 aromatic carbocycles. The minimum absolute atomic E-state index is 0.0609. The molecule has 2 heterocycles. The van der Waals surface area contributed by atoms with Crippen molar-refractivity contribution in [2.75, 3.05) is 0 Å². The van der Waals surface area contributed by atoms with Crippen molar-refractivity contribution in [3.8, 4) is 0 Å².